The number of aliphatic hydroxyl groups excluding tert-OH is 1. The number of amides is 1. The summed E-state index contributed by atoms with van der Waals surface area (Å²) in [5, 5.41) is 12.6. The van der Waals surface area contributed by atoms with Crippen molar-refractivity contribution in [2.24, 2.45) is 12.1 Å². The zero-order valence-electron chi connectivity index (χ0n) is 13.9. The van der Waals surface area contributed by atoms with E-state index in [2.05, 4.69) is 15.2 Å². The Morgan fingerprint density at radius 1 is 1.32 bits per heavy atom. The number of sulfonamides is 1. The van der Waals surface area contributed by atoms with Crippen molar-refractivity contribution in [1.29, 1.82) is 0 Å². The van der Waals surface area contributed by atoms with Crippen molar-refractivity contribution in [3.63, 3.8) is 0 Å². The highest BCUT2D eigenvalue weighted by Gasteiger charge is 2.19. The molecule has 25 heavy (non-hydrogen) atoms. The molecule has 0 aliphatic carbocycles. The fraction of sp³-hybridized carbons (Fsp3) is 0.250. The minimum atomic E-state index is -3.93. The normalized spacial score (nSPS) is 11.6. The van der Waals surface area contributed by atoms with Crippen LogP contribution in [-0.2, 0) is 17.1 Å². The number of aliphatic hydroxyl groups is 1. The van der Waals surface area contributed by atoms with E-state index in [0.29, 0.717) is 12.2 Å². The molecule has 134 valence electrons. The van der Waals surface area contributed by atoms with E-state index in [4.69, 9.17) is 5.11 Å². The van der Waals surface area contributed by atoms with Gasteiger partial charge in [-0.15, -0.1) is 0 Å². The van der Waals surface area contributed by atoms with Gasteiger partial charge in [-0.3, -0.25) is 4.79 Å². The van der Waals surface area contributed by atoms with Gasteiger partial charge in [-0.25, -0.2) is 13.1 Å². The Balaban J connectivity index is 2.13. The molecule has 1 aromatic heterocycles. The molecule has 0 saturated heterocycles. The molecule has 0 radical (unpaired) electrons. The van der Waals surface area contributed by atoms with E-state index in [9.17, 15) is 13.2 Å². The van der Waals surface area contributed by atoms with E-state index in [1.54, 1.807) is 23.7 Å². The van der Waals surface area contributed by atoms with Crippen LogP contribution in [0.2, 0.25) is 0 Å². The number of aryl methyl sites for hydroxylation is 2. The highest BCUT2D eigenvalue weighted by atomic mass is 32.2. The van der Waals surface area contributed by atoms with E-state index in [1.807, 2.05) is 6.92 Å². The number of hydrazone groups is 1. The van der Waals surface area contributed by atoms with E-state index in [0.717, 1.165) is 5.56 Å². The van der Waals surface area contributed by atoms with Crippen LogP contribution in [-0.4, -0.2) is 43.4 Å². The third-order valence-electron chi connectivity index (χ3n) is 3.38. The quantitative estimate of drug-likeness (QED) is 0.373. The number of carbonyl (C=O) groups excluding carboxylic acids is 1. The molecule has 0 bridgehead atoms. The first-order valence-electron chi connectivity index (χ1n) is 7.50. The fourth-order valence-electron chi connectivity index (χ4n) is 2.02. The van der Waals surface area contributed by atoms with Gasteiger partial charge in [-0.1, -0.05) is 17.7 Å². The summed E-state index contributed by atoms with van der Waals surface area (Å²) in [7, 11) is -2.23. The van der Waals surface area contributed by atoms with Crippen molar-refractivity contribution in [2.45, 2.75) is 11.8 Å². The first-order valence-corrected chi connectivity index (χ1v) is 8.99. The van der Waals surface area contributed by atoms with Crippen molar-refractivity contribution in [3.05, 3.63) is 53.3 Å². The molecule has 3 N–H and O–H groups in total. The predicted octanol–water partition coefficient (Wildman–Crippen LogP) is 0.368. The maximum Gasteiger partial charge on any atom is 0.266 e. The van der Waals surface area contributed by atoms with Crippen LogP contribution in [0.25, 0.3) is 0 Å². The molecular weight excluding hydrogens is 344 g/mol. The van der Waals surface area contributed by atoms with Gasteiger partial charge in [0.2, 0.25) is 0 Å². The van der Waals surface area contributed by atoms with Crippen molar-refractivity contribution in [3.8, 4) is 0 Å². The van der Waals surface area contributed by atoms with Crippen LogP contribution >= 0.6 is 0 Å². The fourth-order valence-corrected chi connectivity index (χ4v) is 2.99. The van der Waals surface area contributed by atoms with Crippen molar-refractivity contribution in [1.82, 2.24) is 14.7 Å². The van der Waals surface area contributed by atoms with Crippen LogP contribution in [0, 0.1) is 6.92 Å². The molecule has 1 aromatic carbocycles. The van der Waals surface area contributed by atoms with Gasteiger partial charge in [0.1, 0.15) is 0 Å². The number of rotatable bonds is 7. The molecular formula is C16H20N4O4S. The average molecular weight is 364 g/mol. The summed E-state index contributed by atoms with van der Waals surface area (Å²) in [6.45, 7) is 2.11. The minimum Gasteiger partial charge on any atom is -0.394 e. The molecule has 0 unspecified atom stereocenters. The van der Waals surface area contributed by atoms with Gasteiger partial charge in [-0.2, -0.15) is 5.10 Å². The Labute approximate surface area is 146 Å². The molecule has 9 heteroatoms. The zero-order valence-corrected chi connectivity index (χ0v) is 14.7. The van der Waals surface area contributed by atoms with E-state index < -0.39 is 15.9 Å². The molecule has 1 amide bonds. The van der Waals surface area contributed by atoms with Gasteiger partial charge >= 0.3 is 0 Å². The van der Waals surface area contributed by atoms with Gasteiger partial charge < -0.3 is 15.1 Å². The SMILES string of the molecule is Cc1ccc(S(=O)(=O)NC(=O)c2cc(C=NNCCO)n(C)c2)cc1. The molecule has 0 spiro atoms. The van der Waals surface area contributed by atoms with Crippen molar-refractivity contribution in [2.75, 3.05) is 13.2 Å². The molecule has 0 saturated carbocycles. The maximum atomic E-state index is 12.3. The molecule has 0 atom stereocenters. The standard InChI is InChI=1S/C16H20N4O4S/c1-12-3-5-15(6-4-12)25(23,24)19-16(22)13-9-14(20(2)11-13)10-18-17-7-8-21/h3-6,9-11,17,21H,7-8H2,1-2H3,(H,19,22). The number of nitrogens with zero attached hydrogens (tertiary/aromatic N) is 2. The largest absolute Gasteiger partial charge is 0.394 e. The summed E-state index contributed by atoms with van der Waals surface area (Å²) in [5.74, 6) is -0.723. The number of carbonyl (C=O) groups is 1. The summed E-state index contributed by atoms with van der Waals surface area (Å²) in [4.78, 5) is 12.3. The van der Waals surface area contributed by atoms with Crippen LogP contribution < -0.4 is 10.1 Å². The van der Waals surface area contributed by atoms with Crippen LogP contribution in [0.4, 0.5) is 0 Å². The van der Waals surface area contributed by atoms with E-state index in [-0.39, 0.29) is 17.1 Å². The third kappa shape index (κ3) is 4.91. The maximum absolute atomic E-state index is 12.3. The monoisotopic (exact) mass is 364 g/mol. The summed E-state index contributed by atoms with van der Waals surface area (Å²) >= 11 is 0. The molecule has 0 aliphatic rings. The van der Waals surface area contributed by atoms with E-state index in [1.165, 1.54) is 30.6 Å². The summed E-state index contributed by atoms with van der Waals surface area (Å²) < 4.78 is 28.2. The van der Waals surface area contributed by atoms with E-state index >= 15 is 0 Å². The Morgan fingerprint density at radius 2 is 2.00 bits per heavy atom. The summed E-state index contributed by atoms with van der Waals surface area (Å²) in [6.07, 6.45) is 2.98. The Bertz CT molecular complexity index is 870. The van der Waals surface area contributed by atoms with Crippen molar-refractivity contribution < 1.29 is 18.3 Å². The molecule has 1 heterocycles. The number of hydrogen-bond acceptors (Lipinski definition) is 6. The second kappa shape index (κ2) is 7.95. The van der Waals surface area contributed by atoms with Crippen LogP contribution in [0.3, 0.4) is 0 Å². The van der Waals surface area contributed by atoms with Gasteiger partial charge in [0.15, 0.2) is 0 Å². The number of nitrogens with one attached hydrogen (secondary N) is 2. The molecule has 0 aliphatic heterocycles. The lowest BCUT2D eigenvalue weighted by molar-refractivity contribution is 0.0981. The molecule has 2 rings (SSSR count). The molecule has 8 nitrogen and oxygen atoms in total. The second-order valence-electron chi connectivity index (χ2n) is 5.40. The zero-order chi connectivity index (χ0) is 18.4. The summed E-state index contributed by atoms with van der Waals surface area (Å²) in [6, 6.07) is 7.73. The molecule has 2 aromatic rings. The van der Waals surface area contributed by atoms with Crippen LogP contribution in [0.15, 0.2) is 46.5 Å². The first-order chi connectivity index (χ1) is 11.8. The lowest BCUT2D eigenvalue weighted by Gasteiger charge is -2.06. The predicted molar refractivity (Wildman–Crippen MR) is 93.9 cm³/mol. The Kier molecular flexibility index (Phi) is 5.94. The van der Waals surface area contributed by atoms with Crippen LogP contribution in [0.1, 0.15) is 21.6 Å². The topological polar surface area (TPSA) is 113 Å². The second-order valence-corrected chi connectivity index (χ2v) is 7.08. The number of benzene rings is 1. The molecule has 0 fully saturated rings. The minimum absolute atomic E-state index is 0.0253. The first kappa shape index (κ1) is 18.7. The third-order valence-corrected chi connectivity index (χ3v) is 4.72. The lowest BCUT2D eigenvalue weighted by Crippen LogP contribution is -2.30. The summed E-state index contributed by atoms with van der Waals surface area (Å²) in [5.41, 5.74) is 4.34. The lowest BCUT2D eigenvalue weighted by atomic mass is 10.2. The van der Waals surface area contributed by atoms with Crippen LogP contribution in [0.5, 0.6) is 0 Å². The Morgan fingerprint density at radius 3 is 2.64 bits per heavy atom. The van der Waals surface area contributed by atoms with Gasteiger partial charge in [-0.05, 0) is 25.1 Å². The Hall–Kier alpha value is -2.65. The van der Waals surface area contributed by atoms with Gasteiger partial charge in [0.05, 0.1) is 35.5 Å². The number of aromatic nitrogens is 1. The highest BCUT2D eigenvalue weighted by molar-refractivity contribution is 7.90. The van der Waals surface area contributed by atoms with Gasteiger partial charge in [0.25, 0.3) is 15.9 Å². The smallest absolute Gasteiger partial charge is 0.266 e. The number of hydrogen-bond donors (Lipinski definition) is 3. The van der Waals surface area contributed by atoms with Gasteiger partial charge in [0, 0.05) is 13.2 Å². The van der Waals surface area contributed by atoms with Crippen molar-refractivity contribution >= 4 is 22.1 Å². The average Bonchev–Trinajstić information content (AvgIpc) is 2.93. The highest BCUT2D eigenvalue weighted by Crippen LogP contribution is 2.12.